The topological polar surface area (TPSA) is 86.7 Å². The van der Waals surface area contributed by atoms with Crippen LogP contribution in [-0.2, 0) is 26.6 Å². The van der Waals surface area contributed by atoms with Gasteiger partial charge in [-0.2, -0.15) is 5.10 Å². The van der Waals surface area contributed by atoms with Crippen molar-refractivity contribution < 1.29 is 4.79 Å². The third-order valence-corrected chi connectivity index (χ3v) is 6.74. The number of amides is 1. The predicted molar refractivity (Wildman–Crippen MR) is 120 cm³/mol. The first-order valence-corrected chi connectivity index (χ1v) is 11.3. The largest absolute Gasteiger partial charge is 0.348 e. The number of hydrogen-bond donors (Lipinski definition) is 1. The molecule has 0 aliphatic carbocycles. The molecule has 5 rings (SSSR count). The van der Waals surface area contributed by atoms with Gasteiger partial charge in [-0.3, -0.25) is 9.36 Å². The molecular formula is C22H24N6O2S. The lowest BCUT2D eigenvalue weighted by Gasteiger charge is -2.16. The highest BCUT2D eigenvalue weighted by Gasteiger charge is 2.23. The molecule has 3 aromatic heterocycles. The summed E-state index contributed by atoms with van der Waals surface area (Å²) in [5.41, 5.74) is 2.42. The fraction of sp³-hybridized carbons (Fsp3) is 0.364. The minimum absolute atomic E-state index is 0.00116. The molecule has 0 saturated heterocycles. The Hall–Kier alpha value is -3.20. The Balaban J connectivity index is 1.28. The van der Waals surface area contributed by atoms with Crippen LogP contribution >= 0.6 is 11.3 Å². The van der Waals surface area contributed by atoms with Gasteiger partial charge >= 0.3 is 5.69 Å². The lowest BCUT2D eigenvalue weighted by atomic mass is 10.1. The lowest BCUT2D eigenvalue weighted by molar-refractivity contribution is 0.0925. The van der Waals surface area contributed by atoms with Gasteiger partial charge in [-0.25, -0.2) is 14.5 Å². The standard InChI is InChI=1S/C22H24N6O2S/c1-14-23-17(13-31-14)12-28-22(30)27-10-9-16(7-8-20(27)25-28)24-21(29)19-11-15-5-3-4-6-18(15)26(19)2/h3-6,11,13,16H,7-10,12H2,1-2H3,(H,24,29). The van der Waals surface area contributed by atoms with Gasteiger partial charge < -0.3 is 9.88 Å². The van der Waals surface area contributed by atoms with Crippen molar-refractivity contribution in [3.63, 3.8) is 0 Å². The first-order chi connectivity index (χ1) is 15.0. The van der Waals surface area contributed by atoms with Crippen LogP contribution in [0, 0.1) is 6.92 Å². The molecule has 1 atom stereocenters. The van der Waals surface area contributed by atoms with Crippen LogP contribution in [0.1, 0.15) is 39.9 Å². The molecule has 8 nitrogen and oxygen atoms in total. The molecule has 1 aliphatic rings. The van der Waals surface area contributed by atoms with Crippen LogP contribution in [-0.4, -0.2) is 35.8 Å². The molecule has 0 radical (unpaired) electrons. The number of para-hydroxylation sites is 1. The zero-order valence-corrected chi connectivity index (χ0v) is 18.4. The SMILES string of the molecule is Cc1nc(Cn2nc3n(c2=O)CCC(NC(=O)c2cc4ccccc4n2C)CC3)cs1. The molecule has 4 heterocycles. The number of aromatic nitrogens is 5. The van der Waals surface area contributed by atoms with Crippen LogP contribution in [0.15, 0.2) is 40.5 Å². The Bertz CT molecular complexity index is 1330. The molecular weight excluding hydrogens is 412 g/mol. The predicted octanol–water partition coefficient (Wildman–Crippen LogP) is 2.48. The van der Waals surface area contributed by atoms with Crippen LogP contribution < -0.4 is 11.0 Å². The summed E-state index contributed by atoms with van der Waals surface area (Å²) >= 11 is 1.57. The Labute approximate surface area is 183 Å². The van der Waals surface area contributed by atoms with E-state index in [4.69, 9.17) is 0 Å². The Morgan fingerprint density at radius 2 is 2.13 bits per heavy atom. The Morgan fingerprint density at radius 1 is 1.29 bits per heavy atom. The monoisotopic (exact) mass is 436 g/mol. The first-order valence-electron chi connectivity index (χ1n) is 10.4. The van der Waals surface area contributed by atoms with Crippen molar-refractivity contribution in [2.24, 2.45) is 7.05 Å². The molecule has 0 fully saturated rings. The molecule has 4 aromatic rings. The van der Waals surface area contributed by atoms with Gasteiger partial charge in [-0.1, -0.05) is 18.2 Å². The van der Waals surface area contributed by atoms with Gasteiger partial charge in [0.15, 0.2) is 0 Å². The average Bonchev–Trinajstić information content (AvgIpc) is 3.36. The maximum absolute atomic E-state index is 12.9. The summed E-state index contributed by atoms with van der Waals surface area (Å²) in [5.74, 6) is 0.692. The number of nitrogens with one attached hydrogen (secondary N) is 1. The van der Waals surface area contributed by atoms with Crippen molar-refractivity contribution in [3.05, 3.63) is 68.4 Å². The highest BCUT2D eigenvalue weighted by molar-refractivity contribution is 7.09. The summed E-state index contributed by atoms with van der Waals surface area (Å²) in [4.78, 5) is 30.2. The van der Waals surface area contributed by atoms with Crippen molar-refractivity contribution in [3.8, 4) is 0 Å². The summed E-state index contributed by atoms with van der Waals surface area (Å²) < 4.78 is 5.16. The zero-order valence-electron chi connectivity index (χ0n) is 17.5. The van der Waals surface area contributed by atoms with Crippen molar-refractivity contribution in [1.29, 1.82) is 0 Å². The Morgan fingerprint density at radius 3 is 2.90 bits per heavy atom. The number of benzene rings is 1. The number of nitrogens with zero attached hydrogens (tertiary/aromatic N) is 5. The zero-order chi connectivity index (χ0) is 21.5. The van der Waals surface area contributed by atoms with Gasteiger partial charge in [0.1, 0.15) is 11.5 Å². The summed E-state index contributed by atoms with van der Waals surface area (Å²) in [6.45, 7) is 2.89. The molecule has 160 valence electrons. The van der Waals surface area contributed by atoms with E-state index in [1.807, 2.05) is 54.3 Å². The highest BCUT2D eigenvalue weighted by atomic mass is 32.1. The van der Waals surface area contributed by atoms with E-state index in [0.29, 0.717) is 31.6 Å². The second-order valence-electron chi connectivity index (χ2n) is 8.01. The van der Waals surface area contributed by atoms with E-state index in [1.165, 1.54) is 4.68 Å². The van der Waals surface area contributed by atoms with Gasteiger partial charge in [-0.05, 0) is 31.9 Å². The van der Waals surface area contributed by atoms with E-state index >= 15 is 0 Å². The summed E-state index contributed by atoms with van der Waals surface area (Å²) in [7, 11) is 1.91. The minimum Gasteiger partial charge on any atom is -0.348 e. The highest BCUT2D eigenvalue weighted by Crippen LogP contribution is 2.19. The molecule has 1 unspecified atom stereocenters. The number of rotatable bonds is 4. The van der Waals surface area contributed by atoms with Crippen molar-refractivity contribution in [2.45, 2.75) is 45.3 Å². The molecule has 0 saturated carbocycles. The van der Waals surface area contributed by atoms with Crippen molar-refractivity contribution >= 4 is 28.1 Å². The minimum atomic E-state index is -0.110. The summed E-state index contributed by atoms with van der Waals surface area (Å²) in [6.07, 6.45) is 2.10. The molecule has 0 bridgehead atoms. The molecule has 0 spiro atoms. The third-order valence-electron chi connectivity index (χ3n) is 5.91. The molecule has 1 aliphatic heterocycles. The van der Waals surface area contributed by atoms with Crippen molar-refractivity contribution in [1.82, 2.24) is 29.2 Å². The molecule has 1 amide bonds. The van der Waals surface area contributed by atoms with E-state index in [2.05, 4.69) is 15.4 Å². The van der Waals surface area contributed by atoms with Crippen LogP contribution in [0.5, 0.6) is 0 Å². The maximum atomic E-state index is 12.9. The fourth-order valence-electron chi connectivity index (χ4n) is 4.28. The van der Waals surface area contributed by atoms with E-state index in [-0.39, 0.29) is 17.6 Å². The third kappa shape index (κ3) is 3.69. The number of fused-ring (bicyclic) bond motifs is 2. The quantitative estimate of drug-likeness (QED) is 0.533. The molecule has 9 heteroatoms. The molecule has 31 heavy (non-hydrogen) atoms. The average molecular weight is 437 g/mol. The summed E-state index contributed by atoms with van der Waals surface area (Å²) in [5, 5.41) is 11.7. The van der Waals surface area contributed by atoms with Crippen LogP contribution in [0.4, 0.5) is 0 Å². The normalized spacial score (nSPS) is 16.3. The number of carbonyl (C=O) groups is 1. The molecule has 1 N–H and O–H groups in total. The van der Waals surface area contributed by atoms with Crippen molar-refractivity contribution in [2.75, 3.05) is 0 Å². The number of thiazole rings is 1. The van der Waals surface area contributed by atoms with Crippen LogP contribution in [0.2, 0.25) is 0 Å². The fourth-order valence-corrected chi connectivity index (χ4v) is 4.88. The first kappa shape index (κ1) is 19.7. The maximum Gasteiger partial charge on any atom is 0.346 e. The van der Waals surface area contributed by atoms with Crippen LogP contribution in [0.3, 0.4) is 0 Å². The smallest absolute Gasteiger partial charge is 0.346 e. The second kappa shape index (κ2) is 7.81. The van der Waals surface area contributed by atoms with Gasteiger partial charge in [0, 0.05) is 42.3 Å². The van der Waals surface area contributed by atoms with E-state index in [9.17, 15) is 9.59 Å². The number of carbonyl (C=O) groups excluding carboxylic acids is 1. The van der Waals surface area contributed by atoms with E-state index in [0.717, 1.165) is 33.8 Å². The Kier molecular flexibility index (Phi) is 4.97. The van der Waals surface area contributed by atoms with Gasteiger partial charge in [0.2, 0.25) is 0 Å². The lowest BCUT2D eigenvalue weighted by Crippen LogP contribution is -2.36. The number of aryl methyl sites for hydroxylation is 3. The van der Waals surface area contributed by atoms with E-state index in [1.54, 1.807) is 15.9 Å². The summed E-state index contributed by atoms with van der Waals surface area (Å²) in [6, 6.07) is 9.88. The van der Waals surface area contributed by atoms with Crippen LogP contribution in [0.25, 0.3) is 10.9 Å². The number of hydrogen-bond acceptors (Lipinski definition) is 5. The second-order valence-corrected chi connectivity index (χ2v) is 9.07. The van der Waals surface area contributed by atoms with Gasteiger partial charge in [-0.15, -0.1) is 11.3 Å². The van der Waals surface area contributed by atoms with Gasteiger partial charge in [0.05, 0.1) is 17.2 Å². The van der Waals surface area contributed by atoms with E-state index < -0.39 is 0 Å². The molecule has 1 aromatic carbocycles. The van der Waals surface area contributed by atoms with Gasteiger partial charge in [0.25, 0.3) is 5.91 Å².